The van der Waals surface area contributed by atoms with E-state index < -0.39 is 0 Å². The summed E-state index contributed by atoms with van der Waals surface area (Å²) < 4.78 is 12.8. The predicted octanol–water partition coefficient (Wildman–Crippen LogP) is 2.92. The van der Waals surface area contributed by atoms with Crippen LogP contribution >= 0.6 is 0 Å². The lowest BCUT2D eigenvalue weighted by atomic mass is 10.0. The molecule has 0 fully saturated rings. The minimum atomic E-state index is -0.189. The zero-order valence-corrected chi connectivity index (χ0v) is 9.70. The first kappa shape index (κ1) is 11.8. The lowest BCUT2D eigenvalue weighted by Crippen LogP contribution is -2.03. The highest BCUT2D eigenvalue weighted by molar-refractivity contribution is 5.29. The zero-order valence-electron chi connectivity index (χ0n) is 9.70. The molecule has 2 aromatic carbocycles. The van der Waals surface area contributed by atoms with Crippen molar-refractivity contribution in [2.45, 2.75) is 12.8 Å². The number of rotatable bonds is 4. The van der Waals surface area contributed by atoms with E-state index in [0.717, 1.165) is 18.4 Å². The van der Waals surface area contributed by atoms with Gasteiger partial charge in [0, 0.05) is 0 Å². The van der Waals surface area contributed by atoms with Gasteiger partial charge in [0.25, 0.3) is 0 Å². The Morgan fingerprint density at radius 1 is 0.882 bits per heavy atom. The largest absolute Gasteiger partial charge is 0.330 e. The maximum atomic E-state index is 12.8. The highest BCUT2D eigenvalue weighted by Gasteiger charge is 1.98. The smallest absolute Gasteiger partial charge is 0.123 e. The first-order valence-electron chi connectivity index (χ1n) is 5.80. The van der Waals surface area contributed by atoms with Crippen molar-refractivity contribution in [3.63, 3.8) is 0 Å². The van der Waals surface area contributed by atoms with Gasteiger partial charge in [0.1, 0.15) is 5.82 Å². The summed E-state index contributed by atoms with van der Waals surface area (Å²) in [5, 5.41) is 0. The molecule has 1 nitrogen and oxygen atoms in total. The van der Waals surface area contributed by atoms with Crippen LogP contribution in [0.2, 0.25) is 0 Å². The van der Waals surface area contributed by atoms with E-state index in [1.807, 2.05) is 18.2 Å². The van der Waals surface area contributed by atoms with Gasteiger partial charge in [-0.15, -0.1) is 0 Å². The Kier molecular flexibility index (Phi) is 3.89. The molecule has 2 aromatic rings. The molecule has 0 atom stereocenters. The number of benzene rings is 2. The number of halogens is 1. The Bertz CT molecular complexity index is 477. The van der Waals surface area contributed by atoms with Crippen molar-refractivity contribution in [2.24, 2.45) is 5.73 Å². The van der Waals surface area contributed by atoms with Crippen LogP contribution in [-0.2, 0) is 12.8 Å². The molecule has 0 saturated heterocycles. The first-order chi connectivity index (χ1) is 8.28. The van der Waals surface area contributed by atoms with E-state index >= 15 is 0 Å². The fourth-order valence-corrected chi connectivity index (χ4v) is 1.90. The summed E-state index contributed by atoms with van der Waals surface area (Å²) in [6.45, 7) is 0.667. The summed E-state index contributed by atoms with van der Waals surface area (Å²) in [5.41, 5.74) is 9.15. The minimum Gasteiger partial charge on any atom is -0.330 e. The van der Waals surface area contributed by atoms with E-state index in [-0.39, 0.29) is 5.82 Å². The maximum absolute atomic E-state index is 12.8. The van der Waals surface area contributed by atoms with E-state index in [2.05, 4.69) is 18.2 Å². The van der Waals surface area contributed by atoms with E-state index in [1.54, 1.807) is 0 Å². The third-order valence-corrected chi connectivity index (χ3v) is 2.75. The van der Waals surface area contributed by atoms with Crippen molar-refractivity contribution in [3.8, 4) is 0 Å². The lowest BCUT2D eigenvalue weighted by molar-refractivity contribution is 0.627. The lowest BCUT2D eigenvalue weighted by Gasteiger charge is -2.05. The van der Waals surface area contributed by atoms with Crippen LogP contribution in [0.25, 0.3) is 0 Å². The van der Waals surface area contributed by atoms with Crippen LogP contribution in [0, 0.1) is 5.82 Å². The Morgan fingerprint density at radius 2 is 1.59 bits per heavy atom. The second kappa shape index (κ2) is 5.60. The Hall–Kier alpha value is -1.67. The van der Waals surface area contributed by atoms with Crippen molar-refractivity contribution in [1.29, 1.82) is 0 Å². The number of hydrogen-bond donors (Lipinski definition) is 1. The van der Waals surface area contributed by atoms with Gasteiger partial charge in [-0.05, 0) is 48.2 Å². The molecule has 88 valence electrons. The van der Waals surface area contributed by atoms with Gasteiger partial charge >= 0.3 is 0 Å². The van der Waals surface area contributed by atoms with Gasteiger partial charge in [-0.2, -0.15) is 0 Å². The van der Waals surface area contributed by atoms with Gasteiger partial charge in [-0.1, -0.05) is 36.4 Å². The van der Waals surface area contributed by atoms with Crippen molar-refractivity contribution in [1.82, 2.24) is 0 Å². The molecular formula is C15H16FN. The van der Waals surface area contributed by atoms with E-state index in [1.165, 1.54) is 23.3 Å². The molecule has 17 heavy (non-hydrogen) atoms. The number of nitrogens with two attached hydrogens (primary N) is 1. The second-order valence-electron chi connectivity index (χ2n) is 4.16. The topological polar surface area (TPSA) is 26.0 Å². The Morgan fingerprint density at radius 3 is 2.29 bits per heavy atom. The average Bonchev–Trinajstić information content (AvgIpc) is 2.33. The highest BCUT2D eigenvalue weighted by Crippen LogP contribution is 2.12. The summed E-state index contributed by atoms with van der Waals surface area (Å²) >= 11 is 0. The van der Waals surface area contributed by atoms with Gasteiger partial charge < -0.3 is 5.73 Å². The van der Waals surface area contributed by atoms with Gasteiger partial charge in [-0.3, -0.25) is 0 Å². The van der Waals surface area contributed by atoms with Crippen molar-refractivity contribution >= 4 is 0 Å². The van der Waals surface area contributed by atoms with Crippen LogP contribution < -0.4 is 5.73 Å². The fraction of sp³-hybridized carbons (Fsp3) is 0.200. The molecule has 2 N–H and O–H groups in total. The summed E-state index contributed by atoms with van der Waals surface area (Å²) in [5.74, 6) is -0.189. The predicted molar refractivity (Wildman–Crippen MR) is 68.4 cm³/mol. The van der Waals surface area contributed by atoms with Crippen molar-refractivity contribution in [2.75, 3.05) is 6.54 Å². The van der Waals surface area contributed by atoms with Crippen molar-refractivity contribution in [3.05, 3.63) is 71.0 Å². The molecule has 0 amide bonds. The molecule has 2 heteroatoms. The molecule has 0 aliphatic carbocycles. The molecule has 0 aliphatic heterocycles. The summed E-state index contributed by atoms with van der Waals surface area (Å²) in [6, 6.07) is 15.0. The van der Waals surface area contributed by atoms with Crippen molar-refractivity contribution < 1.29 is 4.39 Å². The zero-order chi connectivity index (χ0) is 12.1. The molecule has 2 rings (SSSR count). The molecule has 0 unspecified atom stereocenters. The van der Waals surface area contributed by atoms with Crippen LogP contribution in [-0.4, -0.2) is 6.54 Å². The standard InChI is InChI=1S/C15H16FN/c16-15-6-4-13(5-7-15)11-14-3-1-2-12(10-14)8-9-17/h1-7,10H,8-9,11,17H2. The third kappa shape index (κ3) is 3.40. The molecule has 0 heterocycles. The highest BCUT2D eigenvalue weighted by atomic mass is 19.1. The van der Waals surface area contributed by atoms with Crippen LogP contribution in [0.3, 0.4) is 0 Å². The average molecular weight is 229 g/mol. The van der Waals surface area contributed by atoms with E-state index in [4.69, 9.17) is 5.73 Å². The molecule has 0 spiro atoms. The van der Waals surface area contributed by atoms with E-state index in [0.29, 0.717) is 6.54 Å². The monoisotopic (exact) mass is 229 g/mol. The second-order valence-corrected chi connectivity index (χ2v) is 4.16. The van der Waals surface area contributed by atoms with Crippen LogP contribution in [0.1, 0.15) is 16.7 Å². The Labute approximate surface area is 101 Å². The third-order valence-electron chi connectivity index (χ3n) is 2.75. The normalized spacial score (nSPS) is 10.5. The first-order valence-corrected chi connectivity index (χ1v) is 5.80. The SMILES string of the molecule is NCCc1cccc(Cc2ccc(F)cc2)c1. The quantitative estimate of drug-likeness (QED) is 0.857. The summed E-state index contributed by atoms with van der Waals surface area (Å²) in [6.07, 6.45) is 1.73. The van der Waals surface area contributed by atoms with Gasteiger partial charge in [0.15, 0.2) is 0 Å². The van der Waals surface area contributed by atoms with E-state index in [9.17, 15) is 4.39 Å². The van der Waals surface area contributed by atoms with Gasteiger partial charge in [0.05, 0.1) is 0 Å². The number of hydrogen-bond acceptors (Lipinski definition) is 1. The fourth-order valence-electron chi connectivity index (χ4n) is 1.90. The molecule has 0 saturated carbocycles. The van der Waals surface area contributed by atoms with Crippen LogP contribution in [0.4, 0.5) is 4.39 Å². The molecular weight excluding hydrogens is 213 g/mol. The molecule has 0 aliphatic rings. The van der Waals surface area contributed by atoms with Gasteiger partial charge in [-0.25, -0.2) is 4.39 Å². The van der Waals surface area contributed by atoms with Gasteiger partial charge in [0.2, 0.25) is 0 Å². The Balaban J connectivity index is 2.12. The summed E-state index contributed by atoms with van der Waals surface area (Å²) in [7, 11) is 0. The van der Waals surface area contributed by atoms with Crippen LogP contribution in [0.15, 0.2) is 48.5 Å². The summed E-state index contributed by atoms with van der Waals surface area (Å²) in [4.78, 5) is 0. The molecule has 0 bridgehead atoms. The minimum absolute atomic E-state index is 0.189. The molecule has 0 aromatic heterocycles. The van der Waals surface area contributed by atoms with Crippen LogP contribution in [0.5, 0.6) is 0 Å². The molecule has 0 radical (unpaired) electrons. The maximum Gasteiger partial charge on any atom is 0.123 e.